The molecule has 0 bridgehead atoms. The van der Waals surface area contributed by atoms with Crippen LogP contribution in [-0.4, -0.2) is 4.99 Å². The zero-order chi connectivity index (χ0) is 7.82. The van der Waals surface area contributed by atoms with Crippen molar-refractivity contribution in [3.63, 3.8) is 0 Å². The summed E-state index contributed by atoms with van der Waals surface area (Å²) in [5.41, 5.74) is 0. The Balaban J connectivity index is 2.77. The van der Waals surface area contributed by atoms with E-state index in [4.69, 9.17) is 0 Å². The maximum absolute atomic E-state index is 4.29. The van der Waals surface area contributed by atoms with E-state index in [-0.39, 0.29) is 0 Å². The van der Waals surface area contributed by atoms with Gasteiger partial charge in [-0.25, -0.2) is 0 Å². The Morgan fingerprint density at radius 3 is 2.30 bits per heavy atom. The Morgan fingerprint density at radius 1 is 1.20 bits per heavy atom. The molecule has 0 aliphatic heterocycles. The molecule has 0 aromatic rings. The lowest BCUT2D eigenvalue weighted by Gasteiger charge is -2.02. The number of unbranched alkanes of at least 4 members (excludes halogenated alkanes) is 4. The minimum Gasteiger partial charge on any atom is -0.172 e. The first-order chi connectivity index (χ1) is 4.77. The first-order valence-electron chi connectivity index (χ1n) is 4.21. The van der Waals surface area contributed by atoms with Crippen molar-refractivity contribution in [1.82, 2.24) is 0 Å². The van der Waals surface area contributed by atoms with Gasteiger partial charge < -0.3 is 0 Å². The highest BCUT2D eigenvalue weighted by Gasteiger charge is 1.93. The third kappa shape index (κ3) is 8.78. The SMILES string of the molecule is CCCCCCCC(P)S. The molecular formula is C8H19PS. The summed E-state index contributed by atoms with van der Waals surface area (Å²) in [5, 5.41) is 0. The normalized spacial score (nSPS) is 13.5. The largest absolute Gasteiger partial charge is 0.172 e. The maximum Gasteiger partial charge on any atom is 0.0160 e. The summed E-state index contributed by atoms with van der Waals surface area (Å²) in [4.78, 5) is 0.515. The van der Waals surface area contributed by atoms with E-state index in [9.17, 15) is 0 Å². The second kappa shape index (κ2) is 7.88. The van der Waals surface area contributed by atoms with Crippen LogP contribution in [0.25, 0.3) is 0 Å². The fourth-order valence-electron chi connectivity index (χ4n) is 0.957. The van der Waals surface area contributed by atoms with Gasteiger partial charge in [0, 0.05) is 4.99 Å². The number of rotatable bonds is 6. The van der Waals surface area contributed by atoms with E-state index >= 15 is 0 Å². The van der Waals surface area contributed by atoms with Crippen LogP contribution in [0.2, 0.25) is 0 Å². The average Bonchev–Trinajstić information content (AvgIpc) is 1.87. The molecule has 2 atom stereocenters. The first kappa shape index (κ1) is 10.8. The number of hydrogen-bond acceptors (Lipinski definition) is 1. The van der Waals surface area contributed by atoms with Crippen molar-refractivity contribution in [2.45, 2.75) is 50.4 Å². The smallest absolute Gasteiger partial charge is 0.0160 e. The van der Waals surface area contributed by atoms with Crippen molar-refractivity contribution in [3.05, 3.63) is 0 Å². The van der Waals surface area contributed by atoms with E-state index in [0.29, 0.717) is 4.99 Å². The van der Waals surface area contributed by atoms with Crippen LogP contribution >= 0.6 is 21.9 Å². The molecule has 0 nitrogen and oxygen atoms in total. The summed E-state index contributed by atoms with van der Waals surface area (Å²) < 4.78 is 0. The van der Waals surface area contributed by atoms with Crippen LogP contribution in [-0.2, 0) is 0 Å². The van der Waals surface area contributed by atoms with E-state index in [2.05, 4.69) is 28.8 Å². The molecule has 0 amide bonds. The van der Waals surface area contributed by atoms with E-state index in [0.717, 1.165) is 0 Å². The van der Waals surface area contributed by atoms with Crippen molar-refractivity contribution in [3.8, 4) is 0 Å². The lowest BCUT2D eigenvalue weighted by molar-refractivity contribution is 0.622. The van der Waals surface area contributed by atoms with Gasteiger partial charge in [-0.3, -0.25) is 0 Å². The Kier molecular flexibility index (Phi) is 8.50. The lowest BCUT2D eigenvalue weighted by atomic mass is 10.1. The zero-order valence-electron chi connectivity index (χ0n) is 6.84. The van der Waals surface area contributed by atoms with Gasteiger partial charge in [-0.05, 0) is 6.42 Å². The number of thiol groups is 1. The fourth-order valence-corrected chi connectivity index (χ4v) is 1.38. The summed E-state index contributed by atoms with van der Waals surface area (Å²) >= 11 is 4.29. The van der Waals surface area contributed by atoms with Crippen molar-refractivity contribution >= 4 is 21.9 Å². The van der Waals surface area contributed by atoms with Gasteiger partial charge >= 0.3 is 0 Å². The van der Waals surface area contributed by atoms with E-state index in [1.54, 1.807) is 0 Å². The molecule has 0 fully saturated rings. The lowest BCUT2D eigenvalue weighted by Crippen LogP contribution is -1.85. The molecule has 0 saturated heterocycles. The predicted molar refractivity (Wildman–Crippen MR) is 55.9 cm³/mol. The van der Waals surface area contributed by atoms with Crippen LogP contribution in [0.15, 0.2) is 0 Å². The molecule has 2 unspecified atom stereocenters. The summed E-state index contributed by atoms with van der Waals surface area (Å²) in [6, 6.07) is 0. The van der Waals surface area contributed by atoms with Crippen LogP contribution in [0, 0.1) is 0 Å². The molecule has 2 heteroatoms. The highest BCUT2D eigenvalue weighted by molar-refractivity contribution is 7.85. The third-order valence-electron chi connectivity index (χ3n) is 1.60. The van der Waals surface area contributed by atoms with Gasteiger partial charge in [-0.2, -0.15) is 12.6 Å². The first-order valence-corrected chi connectivity index (χ1v) is 5.39. The van der Waals surface area contributed by atoms with Crippen molar-refractivity contribution < 1.29 is 0 Å². The minimum absolute atomic E-state index is 0.515. The van der Waals surface area contributed by atoms with Gasteiger partial charge in [0.1, 0.15) is 0 Å². The fraction of sp³-hybridized carbons (Fsp3) is 1.00. The molecule has 0 saturated carbocycles. The summed E-state index contributed by atoms with van der Waals surface area (Å²) in [5.74, 6) is 0. The third-order valence-corrected chi connectivity index (χ3v) is 2.19. The molecule has 62 valence electrons. The molecule has 0 aliphatic rings. The Bertz CT molecular complexity index is 64.3. The van der Waals surface area contributed by atoms with Crippen molar-refractivity contribution in [2.75, 3.05) is 0 Å². The summed E-state index contributed by atoms with van der Waals surface area (Å²) in [7, 11) is 2.72. The quantitative estimate of drug-likeness (QED) is 0.359. The zero-order valence-corrected chi connectivity index (χ0v) is 8.89. The van der Waals surface area contributed by atoms with Crippen molar-refractivity contribution in [1.29, 1.82) is 0 Å². The highest BCUT2D eigenvalue weighted by Crippen LogP contribution is 2.14. The second-order valence-corrected chi connectivity index (χ2v) is 4.80. The molecule has 0 heterocycles. The van der Waals surface area contributed by atoms with Gasteiger partial charge in [-0.15, -0.1) is 9.24 Å². The van der Waals surface area contributed by atoms with Crippen LogP contribution in [0.1, 0.15) is 45.4 Å². The molecule has 0 radical (unpaired) electrons. The van der Waals surface area contributed by atoms with Gasteiger partial charge in [0.2, 0.25) is 0 Å². The maximum atomic E-state index is 4.29. The predicted octanol–water partition coefficient (Wildman–Crippen LogP) is 3.48. The monoisotopic (exact) mass is 178 g/mol. The summed E-state index contributed by atoms with van der Waals surface area (Å²) in [6.45, 7) is 2.25. The van der Waals surface area contributed by atoms with Crippen LogP contribution < -0.4 is 0 Å². The molecule has 10 heavy (non-hydrogen) atoms. The van der Waals surface area contributed by atoms with Gasteiger partial charge in [-0.1, -0.05) is 39.0 Å². The molecule has 0 aliphatic carbocycles. The molecule has 0 rings (SSSR count). The molecule has 0 N–H and O–H groups in total. The Hall–Kier alpha value is 0.780. The molecule has 0 aromatic carbocycles. The average molecular weight is 178 g/mol. The highest BCUT2D eigenvalue weighted by atomic mass is 32.1. The Labute approximate surface area is 72.8 Å². The topological polar surface area (TPSA) is 0 Å². The second-order valence-electron chi connectivity index (χ2n) is 2.77. The summed E-state index contributed by atoms with van der Waals surface area (Å²) in [6.07, 6.45) is 8.12. The van der Waals surface area contributed by atoms with E-state index in [1.165, 1.54) is 38.5 Å². The van der Waals surface area contributed by atoms with E-state index in [1.807, 2.05) is 0 Å². The van der Waals surface area contributed by atoms with Crippen molar-refractivity contribution in [2.24, 2.45) is 0 Å². The van der Waals surface area contributed by atoms with Crippen LogP contribution in [0.5, 0.6) is 0 Å². The Morgan fingerprint density at radius 2 is 1.80 bits per heavy atom. The van der Waals surface area contributed by atoms with E-state index < -0.39 is 0 Å². The van der Waals surface area contributed by atoms with Gasteiger partial charge in [0.25, 0.3) is 0 Å². The molecule has 0 spiro atoms. The number of hydrogen-bond donors (Lipinski definition) is 1. The van der Waals surface area contributed by atoms with Crippen LogP contribution in [0.3, 0.4) is 0 Å². The molecular weight excluding hydrogens is 159 g/mol. The van der Waals surface area contributed by atoms with Crippen LogP contribution in [0.4, 0.5) is 0 Å². The minimum atomic E-state index is 0.515. The van der Waals surface area contributed by atoms with Gasteiger partial charge in [0.15, 0.2) is 0 Å². The van der Waals surface area contributed by atoms with Gasteiger partial charge in [0.05, 0.1) is 0 Å². The standard InChI is InChI=1S/C8H19PS/c1-2-3-4-5-6-7-8(9)10/h8,10H,2-7,9H2,1H3. The molecule has 0 aromatic heterocycles.